The van der Waals surface area contributed by atoms with E-state index >= 15 is 0 Å². The first-order valence-electron chi connectivity index (χ1n) is 9.62. The van der Waals surface area contributed by atoms with Gasteiger partial charge in [-0.15, -0.1) is 11.3 Å². The Kier molecular flexibility index (Phi) is 5.63. The highest BCUT2D eigenvalue weighted by Gasteiger charge is 2.16. The molecule has 0 saturated carbocycles. The quantitative estimate of drug-likeness (QED) is 0.637. The molecule has 1 aromatic carbocycles. The van der Waals surface area contributed by atoms with E-state index in [-0.39, 0.29) is 0 Å². The Balaban J connectivity index is 1.45. The van der Waals surface area contributed by atoms with E-state index in [4.69, 9.17) is 0 Å². The number of hydrogen-bond donors (Lipinski definition) is 1. The van der Waals surface area contributed by atoms with Crippen molar-refractivity contribution in [1.82, 2.24) is 14.9 Å². The van der Waals surface area contributed by atoms with Crippen molar-refractivity contribution in [3.05, 3.63) is 42.0 Å². The van der Waals surface area contributed by atoms with Crippen molar-refractivity contribution in [2.24, 2.45) is 0 Å². The molecule has 1 amide bonds. The van der Waals surface area contributed by atoms with Crippen molar-refractivity contribution in [2.45, 2.75) is 32.1 Å². The molecule has 3 heterocycles. The number of likely N-dealkylation sites (tertiary alicyclic amines) is 1. The fraction of sp³-hybridized carbons (Fsp3) is 0.381. The van der Waals surface area contributed by atoms with Crippen LogP contribution in [0.15, 0.2) is 42.0 Å². The number of amides is 1. The van der Waals surface area contributed by atoms with Gasteiger partial charge in [0, 0.05) is 37.0 Å². The number of rotatable bonds is 6. The Morgan fingerprint density at radius 1 is 1.11 bits per heavy atom. The van der Waals surface area contributed by atoms with Crippen molar-refractivity contribution < 1.29 is 4.79 Å². The number of carbonyl (C=O) groups excluding carboxylic acids is 1. The maximum absolute atomic E-state index is 12.1. The third-order valence-corrected chi connectivity index (χ3v) is 5.91. The Labute approximate surface area is 163 Å². The van der Waals surface area contributed by atoms with Crippen LogP contribution in [-0.2, 0) is 4.79 Å². The van der Waals surface area contributed by atoms with E-state index < -0.39 is 0 Å². The molecule has 3 aromatic rings. The van der Waals surface area contributed by atoms with Crippen LogP contribution in [-0.4, -0.2) is 40.4 Å². The Bertz CT molecular complexity index is 909. The van der Waals surface area contributed by atoms with E-state index in [1.165, 1.54) is 17.5 Å². The lowest BCUT2D eigenvalue weighted by molar-refractivity contribution is -0.130. The van der Waals surface area contributed by atoms with Crippen LogP contribution in [0.5, 0.6) is 0 Å². The highest BCUT2D eigenvalue weighted by molar-refractivity contribution is 7.17. The third kappa shape index (κ3) is 4.11. The van der Waals surface area contributed by atoms with Crippen LogP contribution in [0.1, 0.15) is 32.1 Å². The number of benzene rings is 1. The van der Waals surface area contributed by atoms with Crippen LogP contribution in [0, 0.1) is 0 Å². The Morgan fingerprint density at radius 3 is 2.89 bits per heavy atom. The summed E-state index contributed by atoms with van der Waals surface area (Å²) >= 11 is 1.64. The molecule has 0 unspecified atom stereocenters. The molecule has 1 N–H and O–H groups in total. The van der Waals surface area contributed by atoms with Crippen molar-refractivity contribution in [2.75, 3.05) is 25.0 Å². The van der Waals surface area contributed by atoms with Gasteiger partial charge in [-0.3, -0.25) is 4.79 Å². The van der Waals surface area contributed by atoms with Crippen molar-refractivity contribution in [3.8, 4) is 11.1 Å². The highest BCUT2D eigenvalue weighted by Crippen LogP contribution is 2.36. The van der Waals surface area contributed by atoms with Crippen LogP contribution in [0.3, 0.4) is 0 Å². The van der Waals surface area contributed by atoms with E-state index in [0.717, 1.165) is 54.9 Å². The van der Waals surface area contributed by atoms with E-state index in [0.29, 0.717) is 12.3 Å². The van der Waals surface area contributed by atoms with Crippen LogP contribution < -0.4 is 5.32 Å². The number of nitrogens with zero attached hydrogens (tertiary/aromatic N) is 3. The number of aromatic nitrogens is 2. The molecule has 2 aromatic heterocycles. The second-order valence-corrected chi connectivity index (χ2v) is 7.75. The summed E-state index contributed by atoms with van der Waals surface area (Å²) in [5, 5.41) is 6.70. The van der Waals surface area contributed by atoms with Gasteiger partial charge in [-0.25, -0.2) is 9.97 Å². The monoisotopic (exact) mass is 380 g/mol. The van der Waals surface area contributed by atoms with Gasteiger partial charge in [0.1, 0.15) is 17.0 Å². The van der Waals surface area contributed by atoms with Gasteiger partial charge in [0.2, 0.25) is 5.91 Å². The standard InChI is InChI=1S/C21H24N4OS/c26-18-10-5-2-6-12-25(18)13-7-11-22-20-19-17(16-8-3-1-4-9-16)14-27-21(19)24-15-23-20/h1,3-4,8-9,14-15H,2,5-7,10-13H2,(H,22,23,24). The van der Waals surface area contributed by atoms with Gasteiger partial charge in [0.15, 0.2) is 0 Å². The van der Waals surface area contributed by atoms with Gasteiger partial charge in [-0.05, 0) is 24.8 Å². The molecule has 140 valence electrons. The molecular formula is C21H24N4OS. The molecule has 27 heavy (non-hydrogen) atoms. The molecule has 0 bridgehead atoms. The molecule has 0 aliphatic carbocycles. The zero-order chi connectivity index (χ0) is 18.5. The molecule has 0 spiro atoms. The van der Waals surface area contributed by atoms with Crippen LogP contribution in [0.4, 0.5) is 5.82 Å². The second kappa shape index (κ2) is 8.48. The summed E-state index contributed by atoms with van der Waals surface area (Å²) in [7, 11) is 0. The lowest BCUT2D eigenvalue weighted by Crippen LogP contribution is -2.32. The fourth-order valence-electron chi connectivity index (χ4n) is 3.59. The van der Waals surface area contributed by atoms with Gasteiger partial charge < -0.3 is 10.2 Å². The van der Waals surface area contributed by atoms with Gasteiger partial charge in [-0.1, -0.05) is 36.8 Å². The first-order chi connectivity index (χ1) is 13.3. The molecule has 6 heteroatoms. The molecule has 1 aliphatic heterocycles. The SMILES string of the molecule is O=C1CCCCCN1CCCNc1ncnc2scc(-c3ccccc3)c12. The number of thiophene rings is 1. The van der Waals surface area contributed by atoms with E-state index in [1.54, 1.807) is 17.7 Å². The molecule has 1 saturated heterocycles. The zero-order valence-corrected chi connectivity index (χ0v) is 16.2. The summed E-state index contributed by atoms with van der Waals surface area (Å²) in [5.74, 6) is 1.18. The number of carbonyl (C=O) groups is 1. The number of hydrogen-bond acceptors (Lipinski definition) is 5. The minimum Gasteiger partial charge on any atom is -0.369 e. The van der Waals surface area contributed by atoms with Gasteiger partial charge in [0.05, 0.1) is 5.39 Å². The third-order valence-electron chi connectivity index (χ3n) is 5.02. The topological polar surface area (TPSA) is 58.1 Å². The Hall–Kier alpha value is -2.47. The molecule has 1 aliphatic rings. The summed E-state index contributed by atoms with van der Waals surface area (Å²) in [6.45, 7) is 2.51. The predicted molar refractivity (Wildman–Crippen MR) is 111 cm³/mol. The van der Waals surface area contributed by atoms with Crippen LogP contribution in [0.2, 0.25) is 0 Å². The van der Waals surface area contributed by atoms with Gasteiger partial charge in [-0.2, -0.15) is 0 Å². The molecule has 4 rings (SSSR count). The average molecular weight is 381 g/mol. The average Bonchev–Trinajstić information content (AvgIpc) is 3.04. The lowest BCUT2D eigenvalue weighted by atomic mass is 10.1. The highest BCUT2D eigenvalue weighted by atomic mass is 32.1. The summed E-state index contributed by atoms with van der Waals surface area (Å²) in [6, 6.07) is 10.4. The van der Waals surface area contributed by atoms with E-state index in [2.05, 4.69) is 32.8 Å². The summed E-state index contributed by atoms with van der Waals surface area (Å²) < 4.78 is 0. The number of nitrogens with one attached hydrogen (secondary N) is 1. The predicted octanol–water partition coefficient (Wildman–Crippen LogP) is 4.56. The largest absolute Gasteiger partial charge is 0.369 e. The zero-order valence-electron chi connectivity index (χ0n) is 15.4. The number of fused-ring (bicyclic) bond motifs is 1. The van der Waals surface area contributed by atoms with Gasteiger partial charge >= 0.3 is 0 Å². The first kappa shape index (κ1) is 17.9. The van der Waals surface area contributed by atoms with Gasteiger partial charge in [0.25, 0.3) is 0 Å². The van der Waals surface area contributed by atoms with Crippen LogP contribution in [0.25, 0.3) is 21.3 Å². The fourth-order valence-corrected chi connectivity index (χ4v) is 4.51. The van der Waals surface area contributed by atoms with Crippen molar-refractivity contribution >= 4 is 33.3 Å². The molecular weight excluding hydrogens is 356 g/mol. The van der Waals surface area contributed by atoms with Crippen LogP contribution >= 0.6 is 11.3 Å². The molecule has 1 fully saturated rings. The van der Waals surface area contributed by atoms with Crippen molar-refractivity contribution in [1.29, 1.82) is 0 Å². The second-order valence-electron chi connectivity index (χ2n) is 6.89. The molecule has 5 nitrogen and oxygen atoms in total. The number of anilines is 1. The summed E-state index contributed by atoms with van der Waals surface area (Å²) in [4.78, 5) is 24.0. The minimum atomic E-state index is 0.307. The Morgan fingerprint density at radius 2 is 2.00 bits per heavy atom. The molecule has 0 radical (unpaired) electrons. The van der Waals surface area contributed by atoms with E-state index in [1.807, 2.05) is 23.1 Å². The first-order valence-corrected chi connectivity index (χ1v) is 10.5. The molecule has 0 atom stereocenters. The summed E-state index contributed by atoms with van der Waals surface area (Å²) in [5.41, 5.74) is 2.35. The maximum atomic E-state index is 12.1. The smallest absolute Gasteiger partial charge is 0.222 e. The van der Waals surface area contributed by atoms with Crippen molar-refractivity contribution in [3.63, 3.8) is 0 Å². The summed E-state index contributed by atoms with van der Waals surface area (Å²) in [6.07, 6.45) is 6.57. The maximum Gasteiger partial charge on any atom is 0.222 e. The minimum absolute atomic E-state index is 0.307. The normalized spacial score (nSPS) is 15.1. The van der Waals surface area contributed by atoms with E-state index in [9.17, 15) is 4.79 Å². The lowest BCUT2D eigenvalue weighted by Gasteiger charge is -2.20.